The van der Waals surface area contributed by atoms with Crippen molar-refractivity contribution in [2.24, 2.45) is 0 Å². The number of ether oxygens (including phenoxy) is 2. The Balaban J connectivity index is 3.70. The molecule has 0 aliphatic heterocycles. The quantitative estimate of drug-likeness (QED) is 0.542. The van der Waals surface area contributed by atoms with Gasteiger partial charge >= 0.3 is 12.1 Å². The van der Waals surface area contributed by atoms with Crippen molar-refractivity contribution in [3.8, 4) is 0 Å². The van der Waals surface area contributed by atoms with E-state index in [2.05, 4.69) is 15.4 Å². The number of hydrogen-bond acceptors (Lipinski definition) is 5. The lowest BCUT2D eigenvalue weighted by Gasteiger charge is -2.19. The smallest absolute Gasteiger partial charge is 0.407 e. The molecule has 0 aromatic rings. The molecule has 2 N–H and O–H groups in total. The van der Waals surface area contributed by atoms with Crippen molar-refractivity contribution in [1.29, 1.82) is 0 Å². The topological polar surface area (TPSA) is 76.7 Å². The van der Waals surface area contributed by atoms with Crippen LogP contribution in [0.15, 0.2) is 0 Å². The maximum Gasteiger partial charge on any atom is 0.407 e. The first-order chi connectivity index (χ1) is 8.80. The number of nitrogens with one attached hydrogen (secondary N) is 2. The van der Waals surface area contributed by atoms with E-state index in [9.17, 15) is 9.59 Å². The fourth-order valence-electron chi connectivity index (χ4n) is 1.50. The van der Waals surface area contributed by atoms with Crippen molar-refractivity contribution >= 4 is 12.1 Å². The van der Waals surface area contributed by atoms with Gasteiger partial charge in [0, 0.05) is 6.54 Å². The van der Waals surface area contributed by atoms with Gasteiger partial charge in [-0.1, -0.05) is 0 Å². The second-order valence-corrected chi connectivity index (χ2v) is 5.29. The number of methoxy groups -OCH3 is 1. The van der Waals surface area contributed by atoms with Crippen molar-refractivity contribution in [2.45, 2.75) is 51.7 Å². The number of hydrogen-bond donors (Lipinski definition) is 2. The van der Waals surface area contributed by atoms with E-state index in [1.54, 1.807) is 7.05 Å². The number of likely N-dealkylation sites (N-methyl/N-ethyl adjacent to an activating group) is 1. The summed E-state index contributed by atoms with van der Waals surface area (Å²) in [5, 5.41) is 5.57. The summed E-state index contributed by atoms with van der Waals surface area (Å²) in [4.78, 5) is 22.6. The van der Waals surface area contributed by atoms with Gasteiger partial charge in [0.05, 0.1) is 7.11 Å². The molecule has 0 aromatic carbocycles. The van der Waals surface area contributed by atoms with E-state index in [1.165, 1.54) is 7.11 Å². The molecular formula is C13H26N2O4. The number of carbonyl (C=O) groups is 2. The standard InChI is InChI=1S/C13H26N2O4/c1-13(2,3)19-12(17)15-9-7-6-8-10(14-4)11(16)18-5/h10,14H,6-9H2,1-5H3,(H,15,17)/t10-/m0/s1. The number of unbranched alkanes of at least 4 members (excludes halogenated alkanes) is 1. The number of carbonyl (C=O) groups excluding carboxylic acids is 2. The highest BCUT2D eigenvalue weighted by molar-refractivity contribution is 5.75. The molecule has 0 fully saturated rings. The Kier molecular flexibility index (Phi) is 8.14. The van der Waals surface area contributed by atoms with Gasteiger partial charge in [-0.2, -0.15) is 0 Å². The predicted octanol–water partition coefficient (Wildman–Crippen LogP) is 1.44. The molecule has 0 aliphatic carbocycles. The van der Waals surface area contributed by atoms with Gasteiger partial charge in [0.25, 0.3) is 0 Å². The van der Waals surface area contributed by atoms with Crippen molar-refractivity contribution in [3.63, 3.8) is 0 Å². The van der Waals surface area contributed by atoms with E-state index in [-0.39, 0.29) is 12.0 Å². The summed E-state index contributed by atoms with van der Waals surface area (Å²) in [5.41, 5.74) is -0.480. The van der Waals surface area contributed by atoms with Gasteiger partial charge in [0.1, 0.15) is 11.6 Å². The molecule has 0 rings (SSSR count). The Labute approximate surface area is 115 Å². The van der Waals surface area contributed by atoms with Gasteiger partial charge in [0.2, 0.25) is 0 Å². The minimum atomic E-state index is -0.480. The monoisotopic (exact) mass is 274 g/mol. The van der Waals surface area contributed by atoms with E-state index < -0.39 is 11.7 Å². The highest BCUT2D eigenvalue weighted by Crippen LogP contribution is 2.06. The third-order valence-corrected chi connectivity index (χ3v) is 2.42. The SMILES string of the molecule is CN[C@@H](CCCCNC(=O)OC(C)(C)C)C(=O)OC. The van der Waals surface area contributed by atoms with E-state index in [4.69, 9.17) is 4.74 Å². The van der Waals surface area contributed by atoms with Gasteiger partial charge in [0.15, 0.2) is 0 Å². The number of rotatable bonds is 7. The predicted molar refractivity (Wildman–Crippen MR) is 73.0 cm³/mol. The third kappa shape index (κ3) is 9.30. The zero-order valence-electron chi connectivity index (χ0n) is 12.5. The molecule has 0 aliphatic rings. The van der Waals surface area contributed by atoms with Gasteiger partial charge in [-0.15, -0.1) is 0 Å². The Morgan fingerprint density at radius 3 is 2.32 bits per heavy atom. The zero-order chi connectivity index (χ0) is 14.9. The molecule has 0 spiro atoms. The molecule has 1 atom stereocenters. The molecule has 0 saturated carbocycles. The summed E-state index contributed by atoms with van der Waals surface area (Å²) in [6.45, 7) is 5.99. The fourth-order valence-corrected chi connectivity index (χ4v) is 1.50. The maximum absolute atomic E-state index is 11.3. The second-order valence-electron chi connectivity index (χ2n) is 5.29. The molecule has 0 radical (unpaired) electrons. The molecule has 112 valence electrons. The molecule has 19 heavy (non-hydrogen) atoms. The number of amides is 1. The largest absolute Gasteiger partial charge is 0.468 e. The molecular weight excluding hydrogens is 248 g/mol. The van der Waals surface area contributed by atoms with Crippen LogP contribution >= 0.6 is 0 Å². The summed E-state index contributed by atoms with van der Waals surface area (Å²) in [6, 6.07) is -0.286. The first-order valence-corrected chi connectivity index (χ1v) is 6.52. The Bertz CT molecular complexity index is 287. The van der Waals surface area contributed by atoms with E-state index >= 15 is 0 Å². The molecule has 0 heterocycles. The number of esters is 1. The van der Waals surface area contributed by atoms with Crippen LogP contribution in [0, 0.1) is 0 Å². The molecule has 1 amide bonds. The summed E-state index contributed by atoms with van der Waals surface area (Å²) in [6.07, 6.45) is 1.87. The average Bonchev–Trinajstić information content (AvgIpc) is 2.30. The third-order valence-electron chi connectivity index (χ3n) is 2.42. The fraction of sp³-hybridized carbons (Fsp3) is 0.846. The molecule has 0 unspecified atom stereocenters. The molecule has 6 nitrogen and oxygen atoms in total. The molecule has 0 aromatic heterocycles. The molecule has 6 heteroatoms. The van der Waals surface area contributed by atoms with E-state index in [1.807, 2.05) is 20.8 Å². The van der Waals surface area contributed by atoms with Crippen LogP contribution < -0.4 is 10.6 Å². The Morgan fingerprint density at radius 2 is 1.84 bits per heavy atom. The van der Waals surface area contributed by atoms with E-state index in [0.717, 1.165) is 12.8 Å². The van der Waals surface area contributed by atoms with Crippen LogP contribution in [0.1, 0.15) is 40.0 Å². The van der Waals surface area contributed by atoms with Gasteiger partial charge in [-0.3, -0.25) is 4.79 Å². The van der Waals surface area contributed by atoms with Crippen LogP contribution in [0.2, 0.25) is 0 Å². The summed E-state index contributed by atoms with van der Waals surface area (Å²) >= 11 is 0. The van der Waals surface area contributed by atoms with Gasteiger partial charge in [-0.05, 0) is 47.1 Å². The van der Waals surface area contributed by atoms with Crippen molar-refractivity contribution in [3.05, 3.63) is 0 Å². The summed E-state index contributed by atoms with van der Waals surface area (Å²) < 4.78 is 9.77. The minimum Gasteiger partial charge on any atom is -0.468 e. The van der Waals surface area contributed by atoms with Crippen LogP contribution in [0.25, 0.3) is 0 Å². The van der Waals surface area contributed by atoms with Crippen molar-refractivity contribution in [2.75, 3.05) is 20.7 Å². The first-order valence-electron chi connectivity index (χ1n) is 6.52. The highest BCUT2D eigenvalue weighted by atomic mass is 16.6. The lowest BCUT2D eigenvalue weighted by Crippen LogP contribution is -2.35. The average molecular weight is 274 g/mol. The minimum absolute atomic E-state index is 0.261. The van der Waals surface area contributed by atoms with Crippen molar-refractivity contribution in [1.82, 2.24) is 10.6 Å². The first kappa shape index (κ1) is 17.7. The lowest BCUT2D eigenvalue weighted by atomic mass is 10.1. The van der Waals surface area contributed by atoms with Gasteiger partial charge in [-0.25, -0.2) is 4.79 Å². The maximum atomic E-state index is 11.3. The number of alkyl carbamates (subject to hydrolysis) is 1. The van der Waals surface area contributed by atoms with Crippen LogP contribution in [-0.4, -0.2) is 44.4 Å². The Hall–Kier alpha value is -1.30. The molecule has 0 saturated heterocycles. The Morgan fingerprint density at radius 1 is 1.21 bits per heavy atom. The van der Waals surface area contributed by atoms with Crippen LogP contribution in [0.3, 0.4) is 0 Å². The highest BCUT2D eigenvalue weighted by Gasteiger charge is 2.17. The van der Waals surface area contributed by atoms with Crippen molar-refractivity contribution < 1.29 is 19.1 Å². The lowest BCUT2D eigenvalue weighted by molar-refractivity contribution is -0.143. The summed E-state index contributed by atoms with van der Waals surface area (Å²) in [7, 11) is 3.09. The summed E-state index contributed by atoms with van der Waals surface area (Å²) in [5.74, 6) is -0.261. The van der Waals surface area contributed by atoms with Crippen LogP contribution in [0.5, 0.6) is 0 Å². The zero-order valence-corrected chi connectivity index (χ0v) is 12.5. The van der Waals surface area contributed by atoms with Gasteiger partial charge < -0.3 is 20.1 Å². The molecule has 0 bridgehead atoms. The van der Waals surface area contributed by atoms with Crippen LogP contribution in [-0.2, 0) is 14.3 Å². The van der Waals surface area contributed by atoms with E-state index in [0.29, 0.717) is 13.0 Å². The van der Waals surface area contributed by atoms with Crippen LogP contribution in [0.4, 0.5) is 4.79 Å². The normalized spacial score (nSPS) is 12.7. The second kappa shape index (κ2) is 8.74.